The van der Waals surface area contributed by atoms with Gasteiger partial charge in [-0.05, 0) is 24.6 Å². The maximum absolute atomic E-state index is 13.0. The average molecular weight is 239 g/mol. The molecule has 0 aliphatic carbocycles. The molecule has 1 fully saturated rings. The first kappa shape index (κ1) is 11.9. The van der Waals surface area contributed by atoms with Gasteiger partial charge in [-0.15, -0.1) is 0 Å². The minimum atomic E-state index is -0.540. The van der Waals surface area contributed by atoms with E-state index in [-0.39, 0.29) is 17.4 Å². The molecule has 0 bridgehead atoms. The Hall–Kier alpha value is -1.62. The van der Waals surface area contributed by atoms with Crippen LogP contribution in [0.15, 0.2) is 18.2 Å². The summed E-state index contributed by atoms with van der Waals surface area (Å²) in [4.78, 5) is 13.5. The Balaban J connectivity index is 2.20. The minimum Gasteiger partial charge on any atom is -0.507 e. The van der Waals surface area contributed by atoms with Crippen LogP contribution in [0.1, 0.15) is 16.8 Å². The molecule has 1 atom stereocenters. The molecule has 4 nitrogen and oxygen atoms in total. The number of benzene rings is 1. The molecule has 1 aromatic carbocycles. The second kappa shape index (κ2) is 4.71. The molecule has 0 radical (unpaired) electrons. The second-order valence-electron chi connectivity index (χ2n) is 4.09. The lowest BCUT2D eigenvalue weighted by molar-refractivity contribution is 0.0707. The molecule has 1 unspecified atom stereocenters. The van der Waals surface area contributed by atoms with E-state index in [0.29, 0.717) is 13.2 Å². The summed E-state index contributed by atoms with van der Waals surface area (Å²) in [6.45, 7) is 1.11. The summed E-state index contributed by atoms with van der Waals surface area (Å²) in [5, 5.41) is 9.55. The highest BCUT2D eigenvalue weighted by Crippen LogP contribution is 2.21. The van der Waals surface area contributed by atoms with Crippen molar-refractivity contribution >= 4 is 5.91 Å². The Kier molecular flexibility index (Phi) is 3.28. The number of aromatic hydroxyl groups is 1. The second-order valence-corrected chi connectivity index (χ2v) is 4.09. The quantitative estimate of drug-likeness (QED) is 0.848. The van der Waals surface area contributed by atoms with E-state index in [2.05, 4.69) is 0 Å². The van der Waals surface area contributed by atoms with Crippen molar-refractivity contribution in [3.63, 3.8) is 0 Å². The normalized spacial score (nSPS) is 19.3. The standard InChI is InChI=1S/C12H14FNO3/c1-14(9-4-5-17-7-9)12(16)10-6-8(13)2-3-11(10)15/h2-3,6,9,15H,4-5,7H2,1H3. The predicted octanol–water partition coefficient (Wildman–Crippen LogP) is 1.39. The molecule has 1 aromatic rings. The van der Waals surface area contributed by atoms with E-state index in [0.717, 1.165) is 18.6 Å². The summed E-state index contributed by atoms with van der Waals surface area (Å²) < 4.78 is 18.2. The van der Waals surface area contributed by atoms with E-state index < -0.39 is 11.7 Å². The Labute approximate surface area is 98.6 Å². The molecule has 2 rings (SSSR count). The van der Waals surface area contributed by atoms with Crippen LogP contribution in [0.2, 0.25) is 0 Å². The Morgan fingerprint density at radius 3 is 3.00 bits per heavy atom. The van der Waals surface area contributed by atoms with Crippen LogP contribution in [0.3, 0.4) is 0 Å². The van der Waals surface area contributed by atoms with Gasteiger partial charge >= 0.3 is 0 Å². The van der Waals surface area contributed by atoms with Crippen molar-refractivity contribution in [1.82, 2.24) is 4.90 Å². The predicted molar refractivity (Wildman–Crippen MR) is 59.4 cm³/mol. The van der Waals surface area contributed by atoms with Crippen LogP contribution in [0, 0.1) is 5.82 Å². The first-order valence-electron chi connectivity index (χ1n) is 5.43. The number of phenolic OH excluding ortho intramolecular Hbond substituents is 1. The molecule has 5 heteroatoms. The summed E-state index contributed by atoms with van der Waals surface area (Å²) >= 11 is 0. The third kappa shape index (κ3) is 2.39. The zero-order valence-corrected chi connectivity index (χ0v) is 9.52. The molecule has 0 spiro atoms. The van der Waals surface area contributed by atoms with E-state index in [1.54, 1.807) is 7.05 Å². The summed E-state index contributed by atoms with van der Waals surface area (Å²) in [6.07, 6.45) is 0.762. The first-order chi connectivity index (χ1) is 8.09. The topological polar surface area (TPSA) is 49.8 Å². The summed E-state index contributed by atoms with van der Waals surface area (Å²) in [5.41, 5.74) is -0.0144. The van der Waals surface area contributed by atoms with E-state index in [1.165, 1.54) is 11.0 Å². The fourth-order valence-electron chi connectivity index (χ4n) is 1.86. The van der Waals surface area contributed by atoms with Gasteiger partial charge in [-0.25, -0.2) is 4.39 Å². The molecular formula is C12H14FNO3. The highest BCUT2D eigenvalue weighted by atomic mass is 19.1. The van der Waals surface area contributed by atoms with Crippen LogP contribution >= 0.6 is 0 Å². The number of amides is 1. The zero-order chi connectivity index (χ0) is 12.4. The maximum Gasteiger partial charge on any atom is 0.257 e. The Morgan fingerprint density at radius 1 is 1.59 bits per heavy atom. The molecule has 1 aliphatic heterocycles. The smallest absolute Gasteiger partial charge is 0.257 e. The highest BCUT2D eigenvalue weighted by molar-refractivity contribution is 5.96. The van der Waals surface area contributed by atoms with Gasteiger partial charge in [0, 0.05) is 13.7 Å². The number of phenols is 1. The molecule has 17 heavy (non-hydrogen) atoms. The number of likely N-dealkylation sites (N-methyl/N-ethyl adjacent to an activating group) is 1. The van der Waals surface area contributed by atoms with E-state index in [4.69, 9.17) is 4.74 Å². The molecule has 1 amide bonds. The van der Waals surface area contributed by atoms with Crippen LogP contribution in [-0.2, 0) is 4.74 Å². The number of hydrogen-bond acceptors (Lipinski definition) is 3. The lowest BCUT2D eigenvalue weighted by Crippen LogP contribution is -2.37. The largest absolute Gasteiger partial charge is 0.507 e. The molecular weight excluding hydrogens is 225 g/mol. The van der Waals surface area contributed by atoms with Crippen molar-refractivity contribution in [1.29, 1.82) is 0 Å². The van der Waals surface area contributed by atoms with Gasteiger partial charge in [0.2, 0.25) is 0 Å². The molecule has 1 saturated heterocycles. The fraction of sp³-hybridized carbons (Fsp3) is 0.417. The molecule has 0 saturated carbocycles. The van der Waals surface area contributed by atoms with Gasteiger partial charge in [0.15, 0.2) is 0 Å². The molecule has 1 aliphatic rings. The van der Waals surface area contributed by atoms with Crippen molar-refractivity contribution in [3.8, 4) is 5.75 Å². The van der Waals surface area contributed by atoms with Gasteiger partial charge in [0.25, 0.3) is 5.91 Å². The van der Waals surface area contributed by atoms with Gasteiger partial charge in [-0.3, -0.25) is 4.79 Å². The number of carbonyl (C=O) groups excluding carboxylic acids is 1. The molecule has 1 N–H and O–H groups in total. The fourth-order valence-corrected chi connectivity index (χ4v) is 1.86. The van der Waals surface area contributed by atoms with Gasteiger partial charge in [-0.2, -0.15) is 0 Å². The maximum atomic E-state index is 13.0. The number of hydrogen-bond donors (Lipinski definition) is 1. The van der Waals surface area contributed by atoms with Crippen molar-refractivity contribution in [2.45, 2.75) is 12.5 Å². The van der Waals surface area contributed by atoms with Crippen molar-refractivity contribution in [2.75, 3.05) is 20.3 Å². The third-order valence-electron chi connectivity index (χ3n) is 2.96. The third-order valence-corrected chi connectivity index (χ3v) is 2.96. The van der Waals surface area contributed by atoms with Gasteiger partial charge < -0.3 is 14.7 Å². The van der Waals surface area contributed by atoms with Gasteiger partial charge in [-0.1, -0.05) is 0 Å². The summed E-state index contributed by atoms with van der Waals surface area (Å²) in [6, 6.07) is 3.33. The number of ether oxygens (including phenoxy) is 1. The summed E-state index contributed by atoms with van der Waals surface area (Å²) in [5.74, 6) is -1.14. The van der Waals surface area contributed by atoms with Crippen molar-refractivity contribution < 1.29 is 19.0 Å². The summed E-state index contributed by atoms with van der Waals surface area (Å²) in [7, 11) is 1.63. The van der Waals surface area contributed by atoms with Crippen LogP contribution < -0.4 is 0 Å². The van der Waals surface area contributed by atoms with Crippen molar-refractivity contribution in [3.05, 3.63) is 29.6 Å². The monoisotopic (exact) mass is 239 g/mol. The van der Waals surface area contributed by atoms with Crippen LogP contribution in [0.4, 0.5) is 4.39 Å². The van der Waals surface area contributed by atoms with Crippen molar-refractivity contribution in [2.24, 2.45) is 0 Å². The van der Waals surface area contributed by atoms with E-state index in [9.17, 15) is 14.3 Å². The first-order valence-corrected chi connectivity index (χ1v) is 5.43. The average Bonchev–Trinajstić information content (AvgIpc) is 2.84. The van der Waals surface area contributed by atoms with E-state index in [1.807, 2.05) is 0 Å². The lowest BCUT2D eigenvalue weighted by atomic mass is 10.1. The SMILES string of the molecule is CN(C(=O)c1cc(F)ccc1O)C1CCOC1. The Bertz CT molecular complexity index is 430. The van der Waals surface area contributed by atoms with Crippen LogP contribution in [0.25, 0.3) is 0 Å². The number of carbonyl (C=O) groups is 1. The number of nitrogens with zero attached hydrogens (tertiary/aromatic N) is 1. The Morgan fingerprint density at radius 2 is 2.35 bits per heavy atom. The zero-order valence-electron chi connectivity index (χ0n) is 9.52. The lowest BCUT2D eigenvalue weighted by Gasteiger charge is -2.23. The highest BCUT2D eigenvalue weighted by Gasteiger charge is 2.26. The van der Waals surface area contributed by atoms with E-state index >= 15 is 0 Å². The number of halogens is 1. The van der Waals surface area contributed by atoms with Crippen LogP contribution in [-0.4, -0.2) is 42.2 Å². The molecule has 1 heterocycles. The van der Waals surface area contributed by atoms with Crippen LogP contribution in [0.5, 0.6) is 5.75 Å². The van der Waals surface area contributed by atoms with Gasteiger partial charge in [0.05, 0.1) is 18.2 Å². The number of rotatable bonds is 2. The molecule has 0 aromatic heterocycles. The minimum absolute atomic E-state index is 0.00910. The van der Waals surface area contributed by atoms with Gasteiger partial charge in [0.1, 0.15) is 11.6 Å². The molecule has 92 valence electrons.